The molecule has 0 aliphatic heterocycles. The minimum atomic E-state index is -2.96. The summed E-state index contributed by atoms with van der Waals surface area (Å²) in [6.07, 6.45) is 4.64. The molecule has 0 spiro atoms. The smallest absolute Gasteiger partial charge is 0.387 e. The zero-order chi connectivity index (χ0) is 21.6. The normalized spacial score (nSPS) is 14.2. The molecule has 7 heteroatoms. The molecule has 0 radical (unpaired) electrons. The van der Waals surface area contributed by atoms with E-state index in [1.807, 2.05) is 17.5 Å². The molecule has 3 aromatic rings. The molecule has 162 valence electrons. The van der Waals surface area contributed by atoms with Crippen LogP contribution >= 0.6 is 11.3 Å². The number of anilines is 1. The van der Waals surface area contributed by atoms with Crippen molar-refractivity contribution in [2.24, 2.45) is 0 Å². The number of carbonyl (C=O) groups excluding carboxylic acids is 1. The lowest BCUT2D eigenvalue weighted by molar-refractivity contribution is -0.115. The van der Waals surface area contributed by atoms with E-state index in [0.29, 0.717) is 0 Å². The van der Waals surface area contributed by atoms with Crippen LogP contribution in [0.1, 0.15) is 40.5 Å². The summed E-state index contributed by atoms with van der Waals surface area (Å²) in [7, 11) is 0. The standard InChI is InChI=1S/C24H24F2N2O2S/c25-24(26)30-20-9-4-3-8-19(20)28-22(29)15-27-23(21-10-5-13-31-21)18-12-11-16-6-1-2-7-17(16)14-18/h3-5,8-14,23-24,27H,1-2,6-7,15H2,(H,28,29)/t23-/m0/s1. The first-order valence-corrected chi connectivity index (χ1v) is 11.2. The van der Waals surface area contributed by atoms with E-state index < -0.39 is 6.61 Å². The number of thiophene rings is 1. The topological polar surface area (TPSA) is 50.4 Å². The first kappa shape index (κ1) is 21.5. The minimum Gasteiger partial charge on any atom is -0.433 e. The molecule has 31 heavy (non-hydrogen) atoms. The number of rotatable bonds is 8. The molecule has 1 atom stereocenters. The number of aryl methyl sites for hydroxylation is 2. The summed E-state index contributed by atoms with van der Waals surface area (Å²) in [4.78, 5) is 13.7. The van der Waals surface area contributed by atoms with Crippen molar-refractivity contribution in [3.05, 3.63) is 81.5 Å². The number of ether oxygens (including phenoxy) is 1. The van der Waals surface area contributed by atoms with Gasteiger partial charge in [-0.3, -0.25) is 10.1 Å². The molecule has 1 aliphatic carbocycles. The second kappa shape index (κ2) is 10.0. The Morgan fingerprint density at radius 1 is 1.03 bits per heavy atom. The number of hydrogen-bond donors (Lipinski definition) is 2. The van der Waals surface area contributed by atoms with Gasteiger partial charge in [0.1, 0.15) is 5.75 Å². The summed E-state index contributed by atoms with van der Waals surface area (Å²) in [5.41, 5.74) is 4.14. The Morgan fingerprint density at radius 2 is 1.84 bits per heavy atom. The second-order valence-electron chi connectivity index (χ2n) is 7.49. The molecule has 0 fully saturated rings. The van der Waals surface area contributed by atoms with Crippen LogP contribution in [0.2, 0.25) is 0 Å². The van der Waals surface area contributed by atoms with Gasteiger partial charge in [0.2, 0.25) is 5.91 Å². The molecule has 1 aromatic heterocycles. The SMILES string of the molecule is O=C(CN[C@@H](c1ccc2c(c1)CCCC2)c1cccs1)Nc1ccccc1OC(F)F. The predicted molar refractivity (Wildman–Crippen MR) is 119 cm³/mol. The molecule has 1 heterocycles. The van der Waals surface area contributed by atoms with Gasteiger partial charge in [0.25, 0.3) is 0 Å². The number of nitrogens with one attached hydrogen (secondary N) is 2. The lowest BCUT2D eigenvalue weighted by Crippen LogP contribution is -2.31. The Morgan fingerprint density at radius 3 is 2.61 bits per heavy atom. The van der Waals surface area contributed by atoms with E-state index in [0.717, 1.165) is 23.3 Å². The monoisotopic (exact) mass is 442 g/mol. The van der Waals surface area contributed by atoms with Gasteiger partial charge in [-0.05, 0) is 66.0 Å². The Kier molecular flexibility index (Phi) is 6.94. The molecule has 2 N–H and O–H groups in total. The number of para-hydroxylation sites is 2. The van der Waals surface area contributed by atoms with E-state index in [4.69, 9.17) is 0 Å². The van der Waals surface area contributed by atoms with E-state index in [1.54, 1.807) is 23.5 Å². The van der Waals surface area contributed by atoms with Crippen LogP contribution in [-0.2, 0) is 17.6 Å². The summed E-state index contributed by atoms with van der Waals surface area (Å²) in [6, 6.07) is 16.7. The highest BCUT2D eigenvalue weighted by Gasteiger charge is 2.19. The first-order valence-electron chi connectivity index (χ1n) is 10.3. The molecule has 0 saturated heterocycles. The molecule has 0 bridgehead atoms. The van der Waals surface area contributed by atoms with E-state index in [-0.39, 0.29) is 29.9 Å². The number of alkyl halides is 2. The largest absolute Gasteiger partial charge is 0.433 e. The highest BCUT2D eigenvalue weighted by Crippen LogP contribution is 2.30. The van der Waals surface area contributed by atoms with Gasteiger partial charge in [-0.25, -0.2) is 0 Å². The third kappa shape index (κ3) is 5.48. The van der Waals surface area contributed by atoms with Crippen LogP contribution < -0.4 is 15.4 Å². The highest BCUT2D eigenvalue weighted by molar-refractivity contribution is 7.10. The van der Waals surface area contributed by atoms with E-state index in [1.165, 1.54) is 36.1 Å². The van der Waals surface area contributed by atoms with Gasteiger partial charge in [0, 0.05) is 4.88 Å². The molecule has 1 amide bonds. The quantitative estimate of drug-likeness (QED) is 0.481. The van der Waals surface area contributed by atoms with Crippen LogP contribution in [0.15, 0.2) is 60.0 Å². The van der Waals surface area contributed by atoms with Crippen LogP contribution in [0.4, 0.5) is 14.5 Å². The number of hydrogen-bond acceptors (Lipinski definition) is 4. The summed E-state index contributed by atoms with van der Waals surface area (Å²) < 4.78 is 29.7. The summed E-state index contributed by atoms with van der Waals surface area (Å²) in [6.45, 7) is -2.92. The van der Waals surface area contributed by atoms with Gasteiger partial charge in [0.05, 0.1) is 18.3 Å². The summed E-state index contributed by atoms with van der Waals surface area (Å²) in [5, 5.41) is 8.01. The Balaban J connectivity index is 1.47. The Hall–Kier alpha value is -2.77. The fourth-order valence-electron chi connectivity index (χ4n) is 3.93. The van der Waals surface area contributed by atoms with E-state index in [9.17, 15) is 13.6 Å². The van der Waals surface area contributed by atoms with Crippen molar-refractivity contribution in [2.45, 2.75) is 38.3 Å². The van der Waals surface area contributed by atoms with E-state index in [2.05, 4.69) is 33.6 Å². The average Bonchev–Trinajstić information content (AvgIpc) is 3.29. The van der Waals surface area contributed by atoms with Gasteiger partial charge in [-0.15, -0.1) is 11.3 Å². The molecule has 1 aliphatic rings. The van der Waals surface area contributed by atoms with Crippen molar-refractivity contribution in [1.29, 1.82) is 0 Å². The number of benzene rings is 2. The van der Waals surface area contributed by atoms with Crippen LogP contribution in [0.3, 0.4) is 0 Å². The summed E-state index contributed by atoms with van der Waals surface area (Å²) >= 11 is 1.63. The maximum absolute atomic E-state index is 12.6. The highest BCUT2D eigenvalue weighted by atomic mass is 32.1. The fourth-order valence-corrected chi connectivity index (χ4v) is 4.76. The van der Waals surface area contributed by atoms with Crippen molar-refractivity contribution in [3.8, 4) is 5.75 Å². The lowest BCUT2D eigenvalue weighted by atomic mass is 9.89. The van der Waals surface area contributed by atoms with Crippen molar-refractivity contribution in [3.63, 3.8) is 0 Å². The van der Waals surface area contributed by atoms with Gasteiger partial charge < -0.3 is 10.1 Å². The zero-order valence-corrected chi connectivity index (χ0v) is 17.8. The fraction of sp³-hybridized carbons (Fsp3) is 0.292. The maximum Gasteiger partial charge on any atom is 0.387 e. The summed E-state index contributed by atoms with van der Waals surface area (Å²) in [5.74, 6) is -0.389. The van der Waals surface area contributed by atoms with Crippen LogP contribution in [0, 0.1) is 0 Å². The van der Waals surface area contributed by atoms with E-state index >= 15 is 0 Å². The molecule has 0 unspecified atom stereocenters. The Labute approximate surface area is 184 Å². The number of fused-ring (bicyclic) bond motifs is 1. The molecule has 2 aromatic carbocycles. The third-order valence-electron chi connectivity index (χ3n) is 5.38. The second-order valence-corrected chi connectivity index (χ2v) is 8.47. The molecular formula is C24H24F2N2O2S. The van der Waals surface area contributed by atoms with Gasteiger partial charge in [-0.2, -0.15) is 8.78 Å². The maximum atomic E-state index is 12.6. The first-order chi connectivity index (χ1) is 15.1. The zero-order valence-electron chi connectivity index (χ0n) is 16.9. The van der Waals surface area contributed by atoms with Crippen molar-refractivity contribution >= 4 is 22.9 Å². The molecule has 0 saturated carbocycles. The van der Waals surface area contributed by atoms with Crippen molar-refractivity contribution < 1.29 is 18.3 Å². The van der Waals surface area contributed by atoms with Crippen LogP contribution in [0.5, 0.6) is 5.75 Å². The van der Waals surface area contributed by atoms with Gasteiger partial charge >= 0.3 is 6.61 Å². The average molecular weight is 443 g/mol. The third-order valence-corrected chi connectivity index (χ3v) is 6.31. The predicted octanol–water partition coefficient (Wildman–Crippen LogP) is 5.55. The van der Waals surface area contributed by atoms with Crippen LogP contribution in [0.25, 0.3) is 0 Å². The molecule has 4 nitrogen and oxygen atoms in total. The molecule has 4 rings (SSSR count). The van der Waals surface area contributed by atoms with Crippen LogP contribution in [-0.4, -0.2) is 19.1 Å². The van der Waals surface area contributed by atoms with Crippen molar-refractivity contribution in [1.82, 2.24) is 5.32 Å². The van der Waals surface area contributed by atoms with Gasteiger partial charge in [0.15, 0.2) is 0 Å². The molecular weight excluding hydrogens is 418 g/mol. The van der Waals surface area contributed by atoms with Crippen molar-refractivity contribution in [2.75, 3.05) is 11.9 Å². The van der Waals surface area contributed by atoms with Gasteiger partial charge in [-0.1, -0.05) is 36.4 Å². The number of carbonyl (C=O) groups is 1. The Bertz CT molecular complexity index is 1020. The number of halogens is 2. The lowest BCUT2D eigenvalue weighted by Gasteiger charge is -2.22. The number of amides is 1. The minimum absolute atomic E-state index is 0.0304.